The van der Waals surface area contributed by atoms with Gasteiger partial charge in [-0.15, -0.1) is 0 Å². The molecule has 1 fully saturated rings. The molecule has 1 saturated heterocycles. The van der Waals surface area contributed by atoms with Crippen LogP contribution >= 0.6 is 11.8 Å². The highest BCUT2D eigenvalue weighted by Gasteiger charge is 2.28. The zero-order valence-corrected chi connectivity index (χ0v) is 12.7. The summed E-state index contributed by atoms with van der Waals surface area (Å²) in [5.41, 5.74) is -4.76. The topological polar surface area (TPSA) is 29.5 Å². The average Bonchev–Trinajstić information content (AvgIpc) is 2.25. The van der Waals surface area contributed by atoms with Crippen molar-refractivity contribution < 1.29 is 22.7 Å². The van der Waals surface area contributed by atoms with Gasteiger partial charge in [0, 0.05) is 13.1 Å². The molecule has 0 unspecified atom stereocenters. The molecule has 0 aromatic heterocycles. The van der Waals surface area contributed by atoms with Crippen molar-refractivity contribution in [3.05, 3.63) is 11.5 Å². The lowest BCUT2D eigenvalue weighted by Crippen LogP contribution is -2.41. The molecule has 0 N–H and O–H groups in total. The summed E-state index contributed by atoms with van der Waals surface area (Å²) in [7, 11) is 0. The number of halogens is 3. The Morgan fingerprint density at radius 2 is 1.80 bits per heavy atom. The zero-order chi connectivity index (χ0) is 15.4. The van der Waals surface area contributed by atoms with Crippen molar-refractivity contribution >= 4 is 17.9 Å². The number of alkyl halides is 3. The van der Waals surface area contributed by atoms with Gasteiger partial charge in [-0.25, -0.2) is 4.79 Å². The van der Waals surface area contributed by atoms with Crippen molar-refractivity contribution in [2.45, 2.75) is 44.7 Å². The van der Waals surface area contributed by atoms with E-state index in [0.717, 1.165) is 5.41 Å². The Morgan fingerprint density at radius 3 is 2.25 bits per heavy atom. The van der Waals surface area contributed by atoms with Crippen LogP contribution in [0.3, 0.4) is 0 Å². The zero-order valence-electron chi connectivity index (χ0n) is 11.9. The second kappa shape index (κ2) is 6.74. The number of nitrogens with zero attached hydrogens (tertiary/aromatic N) is 1. The Bertz CT molecular complexity index is 356. The average molecular weight is 311 g/mol. The van der Waals surface area contributed by atoms with Gasteiger partial charge in [-0.3, -0.25) is 0 Å². The summed E-state index contributed by atoms with van der Waals surface area (Å²) in [6.07, 6.45) is 2.54. The van der Waals surface area contributed by atoms with Gasteiger partial charge in [0.05, 0.1) is 0 Å². The van der Waals surface area contributed by atoms with Gasteiger partial charge in [-0.1, -0.05) is 6.08 Å². The van der Waals surface area contributed by atoms with Crippen LogP contribution in [0.4, 0.5) is 18.0 Å². The molecule has 1 rings (SSSR count). The fraction of sp³-hybridized carbons (Fsp3) is 0.769. The van der Waals surface area contributed by atoms with Crippen molar-refractivity contribution in [1.29, 1.82) is 0 Å². The minimum atomic E-state index is -4.23. The Kier molecular flexibility index (Phi) is 5.79. The van der Waals surface area contributed by atoms with Gasteiger partial charge < -0.3 is 9.64 Å². The lowest BCUT2D eigenvalue weighted by molar-refractivity contribution is -0.0320. The first-order chi connectivity index (χ1) is 9.07. The number of hydrogen-bond acceptors (Lipinski definition) is 3. The molecule has 0 aliphatic carbocycles. The SMILES string of the molecule is CC(C)(C)OC(=O)N1CCC(/C=C/SC(F)(F)F)CC1. The molecule has 0 radical (unpaired) electrons. The first kappa shape index (κ1) is 17.2. The highest BCUT2D eigenvalue weighted by molar-refractivity contribution is 8.02. The van der Waals surface area contributed by atoms with Crippen LogP contribution in [-0.2, 0) is 4.74 Å². The van der Waals surface area contributed by atoms with Crippen LogP contribution in [0.5, 0.6) is 0 Å². The normalized spacial score (nSPS) is 18.6. The van der Waals surface area contributed by atoms with Crippen molar-refractivity contribution in [2.24, 2.45) is 5.92 Å². The van der Waals surface area contributed by atoms with E-state index < -0.39 is 11.1 Å². The third-order valence-electron chi connectivity index (χ3n) is 2.74. The van der Waals surface area contributed by atoms with E-state index in [9.17, 15) is 18.0 Å². The number of amides is 1. The van der Waals surface area contributed by atoms with Crippen LogP contribution in [0, 0.1) is 5.92 Å². The van der Waals surface area contributed by atoms with E-state index in [4.69, 9.17) is 4.74 Å². The highest BCUT2D eigenvalue weighted by atomic mass is 32.2. The van der Waals surface area contributed by atoms with E-state index in [0.29, 0.717) is 25.9 Å². The fourth-order valence-electron chi connectivity index (χ4n) is 1.83. The number of hydrogen-bond donors (Lipinski definition) is 0. The summed E-state index contributed by atoms with van der Waals surface area (Å²) in [4.78, 5) is 13.4. The number of likely N-dealkylation sites (tertiary alicyclic amines) is 1. The van der Waals surface area contributed by atoms with Crippen molar-refractivity contribution in [3.8, 4) is 0 Å². The minimum absolute atomic E-state index is 0.0866. The Hall–Kier alpha value is -0.850. The van der Waals surface area contributed by atoms with Gasteiger partial charge in [-0.05, 0) is 56.7 Å². The van der Waals surface area contributed by atoms with Gasteiger partial charge in [-0.2, -0.15) is 13.2 Å². The van der Waals surface area contributed by atoms with Crippen LogP contribution in [0.15, 0.2) is 11.5 Å². The molecule has 1 heterocycles. The maximum absolute atomic E-state index is 12.0. The summed E-state index contributed by atoms with van der Waals surface area (Å²) in [6.45, 7) is 6.43. The molecule has 3 nitrogen and oxygen atoms in total. The molecule has 1 amide bonds. The number of thioether (sulfide) groups is 1. The Labute approximate surface area is 121 Å². The van der Waals surface area contributed by atoms with Gasteiger partial charge in [0.2, 0.25) is 0 Å². The monoisotopic (exact) mass is 311 g/mol. The summed E-state index contributed by atoms with van der Waals surface area (Å²) in [6, 6.07) is 0. The molecule has 20 heavy (non-hydrogen) atoms. The Morgan fingerprint density at radius 1 is 1.25 bits per heavy atom. The first-order valence-electron chi connectivity index (χ1n) is 6.46. The third kappa shape index (κ3) is 7.07. The summed E-state index contributed by atoms with van der Waals surface area (Å²) < 4.78 is 41.2. The van der Waals surface area contributed by atoms with E-state index in [-0.39, 0.29) is 23.8 Å². The maximum Gasteiger partial charge on any atom is 0.445 e. The second-order valence-electron chi connectivity index (χ2n) is 5.70. The number of allylic oxidation sites excluding steroid dienone is 1. The molecule has 1 aliphatic heterocycles. The third-order valence-corrected chi connectivity index (χ3v) is 3.30. The van der Waals surface area contributed by atoms with Gasteiger partial charge in [0.25, 0.3) is 0 Å². The molecule has 1 aliphatic rings. The molecule has 0 saturated carbocycles. The molecular weight excluding hydrogens is 291 g/mol. The van der Waals surface area contributed by atoms with E-state index in [1.807, 2.05) is 0 Å². The predicted octanol–water partition coefficient (Wildman–Crippen LogP) is 4.40. The lowest BCUT2D eigenvalue weighted by atomic mass is 9.97. The summed E-state index contributed by atoms with van der Waals surface area (Å²) in [5.74, 6) is 0.0866. The number of rotatable bonds is 2. The number of piperidine rings is 1. The molecule has 0 aromatic rings. The maximum atomic E-state index is 12.0. The number of carbonyl (C=O) groups is 1. The van der Waals surface area contributed by atoms with Gasteiger partial charge >= 0.3 is 11.6 Å². The van der Waals surface area contributed by atoms with Crippen LogP contribution in [-0.4, -0.2) is 35.2 Å². The van der Waals surface area contributed by atoms with Gasteiger partial charge in [0.1, 0.15) is 5.60 Å². The molecule has 0 bridgehead atoms. The molecule has 0 spiro atoms. The second-order valence-corrected chi connectivity index (χ2v) is 6.67. The van der Waals surface area contributed by atoms with Crippen molar-refractivity contribution in [1.82, 2.24) is 4.90 Å². The van der Waals surface area contributed by atoms with E-state index in [1.165, 1.54) is 0 Å². The smallest absolute Gasteiger partial charge is 0.444 e. The predicted molar refractivity (Wildman–Crippen MR) is 73.3 cm³/mol. The van der Waals surface area contributed by atoms with Gasteiger partial charge in [0.15, 0.2) is 0 Å². The van der Waals surface area contributed by atoms with Crippen molar-refractivity contribution in [2.75, 3.05) is 13.1 Å². The fourth-order valence-corrected chi connectivity index (χ4v) is 2.28. The summed E-state index contributed by atoms with van der Waals surface area (Å²) in [5, 5.41) is 1.09. The van der Waals surface area contributed by atoms with Crippen LogP contribution < -0.4 is 0 Å². The molecule has 0 aromatic carbocycles. The first-order valence-corrected chi connectivity index (χ1v) is 7.34. The molecule has 7 heteroatoms. The minimum Gasteiger partial charge on any atom is -0.444 e. The number of ether oxygens (including phenoxy) is 1. The molecular formula is C13H20F3NO2S. The Balaban J connectivity index is 2.35. The molecule has 0 atom stereocenters. The van der Waals surface area contributed by atoms with Crippen LogP contribution in [0.2, 0.25) is 0 Å². The van der Waals surface area contributed by atoms with E-state index in [2.05, 4.69) is 0 Å². The molecule has 116 valence electrons. The standard InChI is InChI=1S/C13H20F3NO2S/c1-12(2,3)19-11(18)17-7-4-10(5-8-17)6-9-20-13(14,15)16/h6,9-10H,4-5,7-8H2,1-3H3/b9-6+. The number of carbonyl (C=O) groups excluding carboxylic acids is 1. The van der Waals surface area contributed by atoms with Crippen molar-refractivity contribution in [3.63, 3.8) is 0 Å². The van der Waals surface area contributed by atoms with E-state index >= 15 is 0 Å². The lowest BCUT2D eigenvalue weighted by Gasteiger charge is -2.32. The van der Waals surface area contributed by atoms with Crippen LogP contribution in [0.25, 0.3) is 0 Å². The summed E-state index contributed by atoms with van der Waals surface area (Å²) >= 11 is -0.144. The largest absolute Gasteiger partial charge is 0.445 e. The quantitative estimate of drug-likeness (QED) is 0.757. The highest BCUT2D eigenvalue weighted by Crippen LogP contribution is 2.32. The van der Waals surface area contributed by atoms with Crippen LogP contribution in [0.1, 0.15) is 33.6 Å². The van der Waals surface area contributed by atoms with E-state index in [1.54, 1.807) is 31.7 Å².